The van der Waals surface area contributed by atoms with Crippen molar-refractivity contribution < 1.29 is 34.0 Å². The van der Waals surface area contributed by atoms with Crippen LogP contribution in [0.3, 0.4) is 0 Å². The maximum Gasteiger partial charge on any atom is 0.357 e. The van der Waals surface area contributed by atoms with Gasteiger partial charge in [0, 0.05) is 17.7 Å². The van der Waals surface area contributed by atoms with E-state index in [1.54, 1.807) is 42.5 Å². The van der Waals surface area contributed by atoms with Crippen molar-refractivity contribution in [2.75, 3.05) is 6.54 Å². The Morgan fingerprint density at radius 3 is 2.78 bits per heavy atom. The molecule has 8 nitrogen and oxygen atoms in total. The van der Waals surface area contributed by atoms with Crippen LogP contribution < -0.4 is 10.5 Å². The van der Waals surface area contributed by atoms with Crippen LogP contribution in [0.2, 0.25) is 0 Å². The summed E-state index contributed by atoms with van der Waals surface area (Å²) in [4.78, 5) is 25.7. The Kier molecular flexibility index (Phi) is 5.35. The maximum absolute atomic E-state index is 13.5. The lowest BCUT2D eigenvalue weighted by molar-refractivity contribution is -0.172. The predicted octanol–water partition coefficient (Wildman–Crippen LogP) is 2.94. The number of ether oxygens (including phenoxy) is 3. The minimum absolute atomic E-state index is 0.00690. The molecule has 0 radical (unpaired) electrons. The van der Waals surface area contributed by atoms with Crippen molar-refractivity contribution in [3.63, 3.8) is 0 Å². The quantitative estimate of drug-likeness (QED) is 0.526. The number of benzene rings is 2. The molecule has 5 atom stereocenters. The number of hydrogen-bond donors (Lipinski definition) is 3. The van der Waals surface area contributed by atoms with Gasteiger partial charge in [0.2, 0.25) is 6.10 Å². The molecule has 2 aromatic carbocycles. The van der Waals surface area contributed by atoms with Gasteiger partial charge in [-0.2, -0.15) is 0 Å². The van der Waals surface area contributed by atoms with Crippen molar-refractivity contribution >= 4 is 11.9 Å². The number of phenols is 1. The summed E-state index contributed by atoms with van der Waals surface area (Å²) in [5.41, 5.74) is 5.97. The molecule has 4 N–H and O–H groups in total. The van der Waals surface area contributed by atoms with Gasteiger partial charge in [0.1, 0.15) is 5.76 Å². The van der Waals surface area contributed by atoms with Gasteiger partial charge in [0.25, 0.3) is 0 Å². The van der Waals surface area contributed by atoms with Gasteiger partial charge in [-0.15, -0.1) is 0 Å². The van der Waals surface area contributed by atoms with Crippen LogP contribution in [-0.4, -0.2) is 40.4 Å². The van der Waals surface area contributed by atoms with Crippen LogP contribution in [0.1, 0.15) is 54.9 Å². The Morgan fingerprint density at radius 1 is 1.19 bits per heavy atom. The van der Waals surface area contributed by atoms with Crippen molar-refractivity contribution in [3.05, 3.63) is 71.0 Å². The molecule has 2 bridgehead atoms. The third-order valence-electron chi connectivity index (χ3n) is 8.40. The first kappa shape index (κ1) is 23.1. The highest BCUT2D eigenvalue weighted by Crippen LogP contribution is 2.67. The second kappa shape index (κ2) is 8.35. The molecule has 0 amide bonds. The van der Waals surface area contributed by atoms with Crippen molar-refractivity contribution in [3.8, 4) is 11.5 Å². The van der Waals surface area contributed by atoms with E-state index in [0.717, 1.165) is 24.0 Å². The molecule has 1 fully saturated rings. The van der Waals surface area contributed by atoms with E-state index in [0.29, 0.717) is 30.6 Å². The van der Waals surface area contributed by atoms with Crippen molar-refractivity contribution in [1.82, 2.24) is 0 Å². The first-order chi connectivity index (χ1) is 17.4. The van der Waals surface area contributed by atoms with Crippen LogP contribution in [0.25, 0.3) is 0 Å². The van der Waals surface area contributed by atoms with Gasteiger partial charge in [0.05, 0.1) is 17.4 Å². The van der Waals surface area contributed by atoms with Crippen molar-refractivity contribution in [2.45, 2.75) is 61.7 Å². The summed E-state index contributed by atoms with van der Waals surface area (Å²) >= 11 is 0. The summed E-state index contributed by atoms with van der Waals surface area (Å²) < 4.78 is 17.7. The summed E-state index contributed by atoms with van der Waals surface area (Å²) in [5.74, 6) is -0.684. The van der Waals surface area contributed by atoms with Crippen LogP contribution in [-0.2, 0) is 30.9 Å². The Bertz CT molecular complexity index is 1260. The Hall–Kier alpha value is -3.36. The molecule has 0 saturated heterocycles. The molecule has 188 valence electrons. The molecular formula is C28H29NO7. The van der Waals surface area contributed by atoms with E-state index in [1.165, 1.54) is 0 Å². The van der Waals surface area contributed by atoms with E-state index in [1.807, 2.05) is 6.07 Å². The van der Waals surface area contributed by atoms with Gasteiger partial charge >= 0.3 is 11.9 Å². The molecule has 2 aromatic rings. The monoisotopic (exact) mass is 491 g/mol. The Balaban J connectivity index is 1.37. The smallest absolute Gasteiger partial charge is 0.357 e. The topological polar surface area (TPSA) is 128 Å². The highest BCUT2D eigenvalue weighted by Gasteiger charge is 2.70. The average molecular weight is 492 g/mol. The van der Waals surface area contributed by atoms with Crippen LogP contribution >= 0.6 is 0 Å². The zero-order chi connectivity index (χ0) is 25.1. The highest BCUT2D eigenvalue weighted by atomic mass is 16.6. The summed E-state index contributed by atoms with van der Waals surface area (Å²) in [6.07, 6.45) is 3.10. The van der Waals surface area contributed by atoms with Crippen LogP contribution in [0, 0.1) is 5.92 Å². The van der Waals surface area contributed by atoms with E-state index in [4.69, 9.17) is 19.9 Å². The van der Waals surface area contributed by atoms with Gasteiger partial charge in [0.15, 0.2) is 17.6 Å². The summed E-state index contributed by atoms with van der Waals surface area (Å²) in [6.45, 7) is 0.100. The Labute approximate surface area is 208 Å². The maximum atomic E-state index is 13.5. The van der Waals surface area contributed by atoms with E-state index in [2.05, 4.69) is 0 Å². The summed E-state index contributed by atoms with van der Waals surface area (Å²) in [5, 5.41) is 22.7. The molecule has 1 saturated carbocycles. The second-order valence-electron chi connectivity index (χ2n) is 10.2. The second-order valence-corrected chi connectivity index (χ2v) is 10.2. The average Bonchev–Trinajstić information content (AvgIpc) is 3.22. The molecular weight excluding hydrogens is 462 g/mol. The molecule has 1 spiro atoms. The lowest BCUT2D eigenvalue weighted by atomic mass is 9.47. The summed E-state index contributed by atoms with van der Waals surface area (Å²) in [6, 6.07) is 12.2. The fourth-order valence-electron chi connectivity index (χ4n) is 6.89. The number of hydrogen-bond acceptors (Lipinski definition) is 8. The Morgan fingerprint density at radius 2 is 2.00 bits per heavy atom. The molecule has 1 aliphatic heterocycles. The molecule has 8 heteroatoms. The standard InChI is InChI=1S/C28H29NO7/c29-14-11-21(31)35-23(16-5-2-1-3-6-16)26(32)34-20-10-13-28(33)18-7-4-12-27(28)22-17(15-18)8-9-19(30)24(22)36-25(20)27/h1-3,5-6,8-10,18,23,25,30,33H,4,7,11-15,29H2/t18-,23+,25+,27+,28-/m1/s1. The van der Waals surface area contributed by atoms with Crippen LogP contribution in [0.5, 0.6) is 11.5 Å². The first-order valence-corrected chi connectivity index (χ1v) is 12.5. The number of aliphatic hydroxyl groups is 1. The zero-order valence-electron chi connectivity index (χ0n) is 19.8. The molecule has 36 heavy (non-hydrogen) atoms. The van der Waals surface area contributed by atoms with E-state index >= 15 is 0 Å². The fraction of sp³-hybridized carbons (Fsp3) is 0.429. The highest BCUT2D eigenvalue weighted by molar-refractivity contribution is 5.82. The van der Waals surface area contributed by atoms with Gasteiger partial charge in [-0.3, -0.25) is 4.79 Å². The number of esters is 2. The number of nitrogens with two attached hydrogens (primary N) is 1. The normalized spacial score (nSPS) is 29.9. The van der Waals surface area contributed by atoms with Gasteiger partial charge in [-0.25, -0.2) is 4.79 Å². The third kappa shape index (κ3) is 3.14. The van der Waals surface area contributed by atoms with Crippen molar-refractivity contribution in [1.29, 1.82) is 0 Å². The minimum atomic E-state index is -1.28. The van der Waals surface area contributed by atoms with Crippen LogP contribution in [0.4, 0.5) is 0 Å². The number of aromatic hydroxyl groups is 1. The minimum Gasteiger partial charge on any atom is -0.504 e. The van der Waals surface area contributed by atoms with Gasteiger partial charge in [-0.1, -0.05) is 42.8 Å². The number of rotatable bonds is 6. The number of carbonyl (C=O) groups excluding carboxylic acids is 2. The number of carbonyl (C=O) groups is 2. The van der Waals surface area contributed by atoms with Crippen LogP contribution in [0.15, 0.2) is 54.3 Å². The van der Waals surface area contributed by atoms with E-state index in [-0.39, 0.29) is 30.4 Å². The number of phenolic OH excluding ortho intramolecular Hbond substituents is 1. The largest absolute Gasteiger partial charge is 0.504 e. The molecule has 0 unspecified atom stereocenters. The van der Waals surface area contributed by atoms with E-state index in [9.17, 15) is 19.8 Å². The lowest BCUT2D eigenvalue weighted by Crippen LogP contribution is -2.67. The molecule has 4 aliphatic rings. The van der Waals surface area contributed by atoms with Gasteiger partial charge < -0.3 is 30.2 Å². The first-order valence-electron chi connectivity index (χ1n) is 12.5. The van der Waals surface area contributed by atoms with Gasteiger partial charge in [-0.05, 0) is 49.3 Å². The zero-order valence-corrected chi connectivity index (χ0v) is 19.8. The molecule has 6 rings (SSSR count). The molecule has 0 aromatic heterocycles. The SMILES string of the molecule is NCCC(=O)O[C@H](C(=O)OC1=CC[C@@]2(O)[C@@H]3CCC[C@@]24c2c(ccc(O)c2O[C@@H]14)C3)c1ccccc1. The third-order valence-corrected chi connectivity index (χ3v) is 8.40. The molecule has 1 heterocycles. The predicted molar refractivity (Wildman–Crippen MR) is 128 cm³/mol. The molecule has 3 aliphatic carbocycles. The van der Waals surface area contributed by atoms with E-state index < -0.39 is 35.2 Å². The summed E-state index contributed by atoms with van der Waals surface area (Å²) in [7, 11) is 0. The lowest BCUT2D eigenvalue weighted by Gasteiger charge is -2.59. The fourth-order valence-corrected chi connectivity index (χ4v) is 6.89. The van der Waals surface area contributed by atoms with Crippen molar-refractivity contribution in [2.24, 2.45) is 11.7 Å².